The molecule has 2 aromatic rings. The molecule has 2 heterocycles. The first-order valence-corrected chi connectivity index (χ1v) is 9.74. The zero-order valence-electron chi connectivity index (χ0n) is 14.5. The van der Waals surface area contributed by atoms with Gasteiger partial charge in [-0.3, -0.25) is 19.9 Å². The first kappa shape index (κ1) is 19.2. The molecule has 1 aliphatic heterocycles. The minimum absolute atomic E-state index is 0.0671. The second kappa shape index (κ2) is 8.85. The molecule has 1 saturated heterocycles. The number of hydrogen-bond donors (Lipinski definition) is 1. The summed E-state index contributed by atoms with van der Waals surface area (Å²) in [5.74, 6) is -0.463. The summed E-state index contributed by atoms with van der Waals surface area (Å²) in [7, 11) is 0. The molecule has 9 heteroatoms. The predicted octanol–water partition coefficient (Wildman–Crippen LogP) is 2.65. The summed E-state index contributed by atoms with van der Waals surface area (Å²) in [4.78, 5) is 16.5. The molecule has 140 valence electrons. The quantitative estimate of drug-likeness (QED) is 0.812. The third kappa shape index (κ3) is 5.20. The van der Waals surface area contributed by atoms with Gasteiger partial charge in [0, 0.05) is 32.7 Å². The fourth-order valence-electron chi connectivity index (χ4n) is 2.81. The SMILES string of the molecule is CCc1nnc(NC(=O)CN2CCN(Cc3ccc(F)c(Cl)c3)CC2)s1. The van der Waals surface area contributed by atoms with Gasteiger partial charge in [0.25, 0.3) is 0 Å². The zero-order valence-corrected chi connectivity index (χ0v) is 16.1. The van der Waals surface area contributed by atoms with E-state index in [9.17, 15) is 9.18 Å². The van der Waals surface area contributed by atoms with Gasteiger partial charge in [-0.15, -0.1) is 10.2 Å². The van der Waals surface area contributed by atoms with E-state index in [4.69, 9.17) is 11.6 Å². The molecule has 0 bridgehead atoms. The molecule has 1 aliphatic rings. The van der Waals surface area contributed by atoms with E-state index < -0.39 is 5.82 Å². The monoisotopic (exact) mass is 397 g/mol. The van der Waals surface area contributed by atoms with Crippen molar-refractivity contribution in [3.63, 3.8) is 0 Å². The molecule has 1 fully saturated rings. The van der Waals surface area contributed by atoms with Crippen LogP contribution in [0, 0.1) is 5.82 Å². The molecule has 0 saturated carbocycles. The number of nitrogens with zero attached hydrogens (tertiary/aromatic N) is 4. The topological polar surface area (TPSA) is 61.4 Å². The van der Waals surface area contributed by atoms with E-state index in [1.165, 1.54) is 17.4 Å². The summed E-state index contributed by atoms with van der Waals surface area (Å²) in [6.07, 6.45) is 0.814. The molecule has 1 amide bonds. The molecule has 0 unspecified atom stereocenters. The second-order valence-electron chi connectivity index (χ2n) is 6.20. The standard InChI is InChI=1S/C17H21ClFN5OS/c1-2-16-21-22-17(26-16)20-15(25)11-24-7-5-23(6-8-24)10-12-3-4-14(19)13(18)9-12/h3-4,9H,2,5-8,10-11H2,1H3,(H,20,22,25). The van der Waals surface area contributed by atoms with Gasteiger partial charge in [-0.05, 0) is 24.1 Å². The predicted molar refractivity (Wildman–Crippen MR) is 101 cm³/mol. The maximum atomic E-state index is 13.2. The summed E-state index contributed by atoms with van der Waals surface area (Å²) in [6.45, 7) is 6.38. The van der Waals surface area contributed by atoms with Crippen molar-refractivity contribution >= 4 is 34.0 Å². The Morgan fingerprint density at radius 3 is 2.65 bits per heavy atom. The van der Waals surface area contributed by atoms with E-state index in [1.807, 2.05) is 6.92 Å². The van der Waals surface area contributed by atoms with Crippen molar-refractivity contribution in [2.45, 2.75) is 19.9 Å². The van der Waals surface area contributed by atoms with Gasteiger partial charge in [-0.25, -0.2) is 4.39 Å². The van der Waals surface area contributed by atoms with Crippen LogP contribution in [-0.4, -0.2) is 58.6 Å². The van der Waals surface area contributed by atoms with Gasteiger partial charge in [0.1, 0.15) is 10.8 Å². The Morgan fingerprint density at radius 2 is 2.00 bits per heavy atom. The number of carbonyl (C=O) groups is 1. The number of piperazine rings is 1. The normalized spacial score (nSPS) is 16.0. The molecule has 1 aromatic heterocycles. The fraction of sp³-hybridized carbons (Fsp3) is 0.471. The van der Waals surface area contributed by atoms with Crippen molar-refractivity contribution < 1.29 is 9.18 Å². The average Bonchev–Trinajstić information content (AvgIpc) is 3.07. The summed E-state index contributed by atoms with van der Waals surface area (Å²) < 4.78 is 13.2. The Labute approximate surface area is 161 Å². The van der Waals surface area contributed by atoms with Crippen LogP contribution in [0.1, 0.15) is 17.5 Å². The van der Waals surface area contributed by atoms with Crippen LogP contribution in [0.2, 0.25) is 5.02 Å². The van der Waals surface area contributed by atoms with Crippen LogP contribution in [0.3, 0.4) is 0 Å². The fourth-order valence-corrected chi connectivity index (χ4v) is 3.71. The van der Waals surface area contributed by atoms with Crippen LogP contribution in [0.5, 0.6) is 0 Å². The number of rotatable bonds is 6. The molecule has 6 nitrogen and oxygen atoms in total. The molecule has 0 radical (unpaired) electrons. The van der Waals surface area contributed by atoms with Crippen LogP contribution in [0.4, 0.5) is 9.52 Å². The smallest absolute Gasteiger partial charge is 0.240 e. The number of anilines is 1. The number of aryl methyl sites for hydroxylation is 1. The first-order valence-electron chi connectivity index (χ1n) is 8.54. The van der Waals surface area contributed by atoms with Crippen molar-refractivity contribution in [2.24, 2.45) is 0 Å². The van der Waals surface area contributed by atoms with Gasteiger partial charge in [0.2, 0.25) is 11.0 Å². The largest absolute Gasteiger partial charge is 0.299 e. The number of halogens is 2. The Balaban J connectivity index is 1.43. The Morgan fingerprint density at radius 1 is 1.27 bits per heavy atom. The van der Waals surface area contributed by atoms with E-state index in [0.29, 0.717) is 11.7 Å². The lowest BCUT2D eigenvalue weighted by molar-refractivity contribution is -0.117. The number of amides is 1. The van der Waals surface area contributed by atoms with Gasteiger partial charge >= 0.3 is 0 Å². The molecule has 1 N–H and O–H groups in total. The lowest BCUT2D eigenvalue weighted by atomic mass is 10.2. The van der Waals surface area contributed by atoms with E-state index in [0.717, 1.165) is 49.7 Å². The lowest BCUT2D eigenvalue weighted by Gasteiger charge is -2.34. The number of nitrogens with one attached hydrogen (secondary N) is 1. The number of carbonyl (C=O) groups excluding carboxylic acids is 1. The van der Waals surface area contributed by atoms with Crippen LogP contribution < -0.4 is 5.32 Å². The molecule has 0 atom stereocenters. The highest BCUT2D eigenvalue weighted by Gasteiger charge is 2.20. The molecule has 1 aromatic carbocycles. The Bertz CT molecular complexity index is 763. The molecular formula is C17H21ClFN5OS. The highest BCUT2D eigenvalue weighted by atomic mass is 35.5. The highest BCUT2D eigenvalue weighted by Crippen LogP contribution is 2.18. The van der Waals surface area contributed by atoms with Crippen LogP contribution in [0.15, 0.2) is 18.2 Å². The van der Waals surface area contributed by atoms with Crippen LogP contribution in [0.25, 0.3) is 0 Å². The van der Waals surface area contributed by atoms with Gasteiger partial charge < -0.3 is 0 Å². The Hall–Kier alpha value is -1.61. The lowest BCUT2D eigenvalue weighted by Crippen LogP contribution is -2.48. The number of hydrogen-bond acceptors (Lipinski definition) is 6. The minimum atomic E-state index is -0.396. The maximum Gasteiger partial charge on any atom is 0.240 e. The first-order chi connectivity index (χ1) is 12.5. The average molecular weight is 398 g/mol. The van der Waals surface area contributed by atoms with Gasteiger partial charge in [0.15, 0.2) is 0 Å². The zero-order chi connectivity index (χ0) is 18.5. The van der Waals surface area contributed by atoms with Crippen molar-refractivity contribution in [1.29, 1.82) is 0 Å². The minimum Gasteiger partial charge on any atom is -0.299 e. The van der Waals surface area contributed by atoms with Crippen LogP contribution in [-0.2, 0) is 17.8 Å². The molecule has 3 rings (SSSR count). The molecule has 0 aliphatic carbocycles. The van der Waals surface area contributed by atoms with E-state index in [1.54, 1.807) is 12.1 Å². The van der Waals surface area contributed by atoms with Crippen molar-refractivity contribution in [2.75, 3.05) is 38.0 Å². The summed E-state index contributed by atoms with van der Waals surface area (Å²) in [5.41, 5.74) is 0.991. The van der Waals surface area contributed by atoms with E-state index in [-0.39, 0.29) is 10.9 Å². The molecular weight excluding hydrogens is 377 g/mol. The van der Waals surface area contributed by atoms with Gasteiger partial charge in [0.05, 0.1) is 11.6 Å². The third-order valence-corrected chi connectivity index (χ3v) is 5.51. The summed E-state index contributed by atoms with van der Waals surface area (Å²) in [6, 6.07) is 4.83. The highest BCUT2D eigenvalue weighted by molar-refractivity contribution is 7.15. The van der Waals surface area contributed by atoms with Crippen LogP contribution >= 0.6 is 22.9 Å². The van der Waals surface area contributed by atoms with E-state index in [2.05, 4.69) is 25.3 Å². The molecule has 0 spiro atoms. The van der Waals surface area contributed by atoms with Gasteiger partial charge in [-0.2, -0.15) is 0 Å². The number of aromatic nitrogens is 2. The Kier molecular flexibility index (Phi) is 6.53. The van der Waals surface area contributed by atoms with Crippen molar-refractivity contribution in [3.05, 3.63) is 39.6 Å². The van der Waals surface area contributed by atoms with E-state index >= 15 is 0 Å². The second-order valence-corrected chi connectivity index (χ2v) is 7.67. The third-order valence-electron chi connectivity index (χ3n) is 4.24. The summed E-state index contributed by atoms with van der Waals surface area (Å²) in [5, 5.41) is 12.4. The number of benzene rings is 1. The van der Waals surface area contributed by atoms with Gasteiger partial charge in [-0.1, -0.05) is 35.9 Å². The maximum absolute atomic E-state index is 13.2. The van der Waals surface area contributed by atoms with Crippen molar-refractivity contribution in [3.8, 4) is 0 Å². The summed E-state index contributed by atoms with van der Waals surface area (Å²) >= 11 is 7.24. The molecule has 26 heavy (non-hydrogen) atoms. The van der Waals surface area contributed by atoms with Crippen molar-refractivity contribution in [1.82, 2.24) is 20.0 Å².